The molecule has 1 aromatic carbocycles. The highest BCUT2D eigenvalue weighted by molar-refractivity contribution is 6.20. The average molecular weight is 304 g/mol. The van der Waals surface area contributed by atoms with E-state index in [0.29, 0.717) is 0 Å². The van der Waals surface area contributed by atoms with Gasteiger partial charge in [0.25, 0.3) is 0 Å². The molecular formula is C18H22ClNO. The summed E-state index contributed by atoms with van der Waals surface area (Å²) < 4.78 is 5.66. The Morgan fingerprint density at radius 1 is 1.19 bits per heavy atom. The monoisotopic (exact) mass is 303 g/mol. The molecule has 0 aliphatic rings. The zero-order valence-electron chi connectivity index (χ0n) is 12.7. The summed E-state index contributed by atoms with van der Waals surface area (Å²) in [4.78, 5) is 4.40. The molecule has 3 heteroatoms. The maximum absolute atomic E-state index is 6.51. The highest BCUT2D eigenvalue weighted by Gasteiger charge is 2.11. The third kappa shape index (κ3) is 4.75. The van der Waals surface area contributed by atoms with E-state index in [-0.39, 0.29) is 5.38 Å². The summed E-state index contributed by atoms with van der Waals surface area (Å²) in [6.45, 7) is 4.99. The second kappa shape index (κ2) is 8.04. The van der Waals surface area contributed by atoms with Gasteiger partial charge in [0.05, 0.1) is 12.0 Å². The number of alkyl halides is 1. The van der Waals surface area contributed by atoms with Gasteiger partial charge in [-0.3, -0.25) is 4.98 Å². The molecule has 2 aromatic rings. The summed E-state index contributed by atoms with van der Waals surface area (Å²) in [5.41, 5.74) is 3.34. The zero-order chi connectivity index (χ0) is 15.1. The van der Waals surface area contributed by atoms with E-state index in [1.54, 1.807) is 0 Å². The summed E-state index contributed by atoms with van der Waals surface area (Å²) >= 11 is 6.51. The van der Waals surface area contributed by atoms with E-state index < -0.39 is 0 Å². The van der Waals surface area contributed by atoms with Crippen LogP contribution < -0.4 is 4.74 Å². The van der Waals surface area contributed by atoms with Gasteiger partial charge in [-0.1, -0.05) is 31.5 Å². The van der Waals surface area contributed by atoms with Crippen LogP contribution in [0.5, 0.6) is 5.75 Å². The number of aromatic nitrogens is 1. The fourth-order valence-corrected chi connectivity index (χ4v) is 2.42. The number of hydrogen-bond donors (Lipinski definition) is 0. The van der Waals surface area contributed by atoms with Gasteiger partial charge in [0, 0.05) is 18.3 Å². The number of nitrogens with zero attached hydrogens (tertiary/aromatic N) is 1. The van der Waals surface area contributed by atoms with Gasteiger partial charge in [0.2, 0.25) is 0 Å². The van der Waals surface area contributed by atoms with Gasteiger partial charge >= 0.3 is 0 Å². The molecule has 0 radical (unpaired) electrons. The minimum absolute atomic E-state index is 0.0664. The first-order valence-corrected chi connectivity index (χ1v) is 7.91. The number of benzene rings is 1. The maximum atomic E-state index is 6.51. The lowest BCUT2D eigenvalue weighted by Gasteiger charge is -2.12. The maximum Gasteiger partial charge on any atom is 0.119 e. The van der Waals surface area contributed by atoms with Crippen molar-refractivity contribution in [2.24, 2.45) is 0 Å². The molecule has 0 N–H and O–H groups in total. The number of aryl methyl sites for hydroxylation is 1. The molecule has 0 aliphatic carbocycles. The van der Waals surface area contributed by atoms with Crippen LogP contribution in [0, 0.1) is 6.92 Å². The molecule has 0 amide bonds. The Hall–Kier alpha value is -1.54. The number of unbranched alkanes of at least 4 members (excludes halogenated alkanes) is 1. The third-order valence-electron chi connectivity index (χ3n) is 3.50. The SMILES string of the molecule is CCCCOc1ccc(C(Cl)Cc2ncccc2C)cc1. The van der Waals surface area contributed by atoms with Crippen LogP contribution in [0.4, 0.5) is 0 Å². The van der Waals surface area contributed by atoms with Crippen LogP contribution in [-0.2, 0) is 6.42 Å². The molecule has 0 saturated heterocycles. The molecule has 21 heavy (non-hydrogen) atoms. The van der Waals surface area contributed by atoms with Gasteiger partial charge in [0.15, 0.2) is 0 Å². The predicted molar refractivity (Wildman–Crippen MR) is 88.1 cm³/mol. The summed E-state index contributed by atoms with van der Waals surface area (Å²) in [5.74, 6) is 0.907. The van der Waals surface area contributed by atoms with Crippen molar-refractivity contribution in [2.45, 2.75) is 38.5 Å². The lowest BCUT2D eigenvalue weighted by molar-refractivity contribution is 0.309. The molecule has 1 unspecified atom stereocenters. The van der Waals surface area contributed by atoms with Crippen LogP contribution in [0.15, 0.2) is 42.6 Å². The molecule has 0 bridgehead atoms. The quantitative estimate of drug-likeness (QED) is 0.525. The Bertz CT molecular complexity index is 553. The molecule has 1 heterocycles. The second-order valence-corrected chi connectivity index (χ2v) is 5.74. The van der Waals surface area contributed by atoms with Crippen LogP contribution in [-0.4, -0.2) is 11.6 Å². The Morgan fingerprint density at radius 3 is 2.62 bits per heavy atom. The highest BCUT2D eigenvalue weighted by Crippen LogP contribution is 2.27. The molecule has 0 aliphatic heterocycles. The fraction of sp³-hybridized carbons (Fsp3) is 0.389. The number of ether oxygens (including phenoxy) is 1. The van der Waals surface area contributed by atoms with Crippen molar-refractivity contribution in [2.75, 3.05) is 6.61 Å². The molecular weight excluding hydrogens is 282 g/mol. The van der Waals surface area contributed by atoms with Gasteiger partial charge in [0.1, 0.15) is 5.75 Å². The molecule has 0 saturated carbocycles. The van der Waals surface area contributed by atoms with Crippen LogP contribution in [0.3, 0.4) is 0 Å². The lowest BCUT2D eigenvalue weighted by atomic mass is 10.0. The topological polar surface area (TPSA) is 22.1 Å². The Labute approximate surface area is 132 Å². The van der Waals surface area contributed by atoms with E-state index in [4.69, 9.17) is 16.3 Å². The Kier molecular flexibility index (Phi) is 6.06. The predicted octanol–water partition coefficient (Wildman–Crippen LogP) is 5.09. The summed E-state index contributed by atoms with van der Waals surface area (Å²) in [6.07, 6.45) is 4.78. The van der Waals surface area contributed by atoms with Crippen LogP contribution in [0.2, 0.25) is 0 Å². The first-order chi connectivity index (χ1) is 10.2. The van der Waals surface area contributed by atoms with Gasteiger partial charge in [-0.25, -0.2) is 0 Å². The molecule has 0 spiro atoms. The number of pyridine rings is 1. The minimum Gasteiger partial charge on any atom is -0.494 e. The molecule has 0 fully saturated rings. The van der Waals surface area contributed by atoms with Crippen molar-refractivity contribution < 1.29 is 4.74 Å². The van der Waals surface area contributed by atoms with E-state index in [2.05, 4.69) is 24.9 Å². The van der Waals surface area contributed by atoms with Gasteiger partial charge in [-0.2, -0.15) is 0 Å². The smallest absolute Gasteiger partial charge is 0.119 e. The van der Waals surface area contributed by atoms with Crippen molar-refractivity contribution in [1.29, 1.82) is 0 Å². The molecule has 1 aromatic heterocycles. The summed E-state index contributed by atoms with van der Waals surface area (Å²) in [7, 11) is 0. The molecule has 112 valence electrons. The van der Waals surface area contributed by atoms with Crippen molar-refractivity contribution >= 4 is 11.6 Å². The Morgan fingerprint density at radius 2 is 1.95 bits per heavy atom. The normalized spacial score (nSPS) is 12.1. The standard InChI is InChI=1S/C18H22ClNO/c1-3-4-12-21-16-9-7-15(8-10-16)17(19)13-18-14(2)6-5-11-20-18/h5-11,17H,3-4,12-13H2,1-2H3. The summed E-state index contributed by atoms with van der Waals surface area (Å²) in [5, 5.41) is -0.0664. The van der Waals surface area contributed by atoms with Crippen molar-refractivity contribution in [3.8, 4) is 5.75 Å². The first-order valence-electron chi connectivity index (χ1n) is 7.48. The molecule has 1 atom stereocenters. The van der Waals surface area contributed by atoms with Gasteiger partial charge < -0.3 is 4.74 Å². The fourth-order valence-electron chi connectivity index (χ4n) is 2.13. The van der Waals surface area contributed by atoms with E-state index in [1.807, 2.05) is 36.5 Å². The van der Waals surface area contributed by atoms with Crippen LogP contribution in [0.25, 0.3) is 0 Å². The largest absolute Gasteiger partial charge is 0.494 e. The van der Waals surface area contributed by atoms with E-state index in [9.17, 15) is 0 Å². The number of hydrogen-bond acceptors (Lipinski definition) is 2. The van der Waals surface area contributed by atoms with E-state index >= 15 is 0 Å². The Balaban J connectivity index is 1.96. The van der Waals surface area contributed by atoms with Crippen molar-refractivity contribution in [1.82, 2.24) is 4.98 Å². The van der Waals surface area contributed by atoms with E-state index in [1.165, 1.54) is 5.56 Å². The minimum atomic E-state index is -0.0664. The average Bonchev–Trinajstić information content (AvgIpc) is 2.50. The lowest BCUT2D eigenvalue weighted by Crippen LogP contribution is -2.01. The number of rotatable bonds is 7. The first kappa shape index (κ1) is 15.8. The van der Waals surface area contributed by atoms with Crippen molar-refractivity contribution in [3.05, 3.63) is 59.4 Å². The van der Waals surface area contributed by atoms with Crippen LogP contribution in [0.1, 0.15) is 42.0 Å². The van der Waals surface area contributed by atoms with Crippen LogP contribution >= 0.6 is 11.6 Å². The van der Waals surface area contributed by atoms with Gasteiger partial charge in [-0.05, 0) is 42.7 Å². The second-order valence-electron chi connectivity index (χ2n) is 5.21. The van der Waals surface area contributed by atoms with E-state index in [0.717, 1.165) is 42.9 Å². The van der Waals surface area contributed by atoms with Crippen molar-refractivity contribution in [3.63, 3.8) is 0 Å². The highest BCUT2D eigenvalue weighted by atomic mass is 35.5. The van der Waals surface area contributed by atoms with Gasteiger partial charge in [-0.15, -0.1) is 11.6 Å². The number of halogens is 1. The third-order valence-corrected chi connectivity index (χ3v) is 3.91. The summed E-state index contributed by atoms with van der Waals surface area (Å²) in [6, 6.07) is 12.1. The molecule has 2 rings (SSSR count). The molecule has 2 nitrogen and oxygen atoms in total. The zero-order valence-corrected chi connectivity index (χ0v) is 13.4.